The summed E-state index contributed by atoms with van der Waals surface area (Å²) in [6, 6.07) is 0. The van der Waals surface area contributed by atoms with Crippen molar-refractivity contribution in [1.29, 1.82) is 0 Å². The smallest absolute Gasteiger partial charge is 0.145 e. The zero-order valence-corrected chi connectivity index (χ0v) is 8.67. The van der Waals surface area contributed by atoms with E-state index in [0.29, 0.717) is 5.03 Å². The highest BCUT2D eigenvalue weighted by Crippen LogP contribution is 2.15. The van der Waals surface area contributed by atoms with E-state index in [1.807, 2.05) is 0 Å². The van der Waals surface area contributed by atoms with Crippen LogP contribution in [0, 0.1) is 0 Å². The Balaban J connectivity index is 2.07. The van der Waals surface area contributed by atoms with Gasteiger partial charge in [0.2, 0.25) is 0 Å². The molecule has 1 fully saturated rings. The van der Waals surface area contributed by atoms with Gasteiger partial charge in [-0.3, -0.25) is 9.19 Å². The van der Waals surface area contributed by atoms with Gasteiger partial charge in [-0.1, -0.05) is 0 Å². The lowest BCUT2D eigenvalue weighted by molar-refractivity contribution is 0.518. The lowest BCUT2D eigenvalue weighted by atomic mass is 10.2. The van der Waals surface area contributed by atoms with Gasteiger partial charge in [0.1, 0.15) is 5.03 Å². The van der Waals surface area contributed by atoms with Gasteiger partial charge in [0, 0.05) is 17.6 Å². The molecule has 5 heteroatoms. The van der Waals surface area contributed by atoms with Gasteiger partial charge in [0.05, 0.1) is 17.0 Å². The zero-order chi connectivity index (χ0) is 9.80. The van der Waals surface area contributed by atoms with E-state index in [-0.39, 0.29) is 5.25 Å². The summed E-state index contributed by atoms with van der Waals surface area (Å²) in [7, 11) is -0.983. The van der Waals surface area contributed by atoms with Gasteiger partial charge in [-0.15, -0.1) is 0 Å². The molecule has 0 aliphatic carbocycles. The number of rotatable bonds is 2. The standard InChI is InChI=1S/C9H13N3OS/c13-14(8-1-3-10-4-2-8)9-7-11-5-6-12-9/h5-8,10H,1-4H2/t14-/m0/s1. The Hall–Kier alpha value is -0.810. The molecule has 2 rings (SSSR count). The van der Waals surface area contributed by atoms with E-state index in [1.54, 1.807) is 18.6 Å². The van der Waals surface area contributed by atoms with Crippen LogP contribution in [0.1, 0.15) is 12.8 Å². The first-order valence-electron chi connectivity index (χ1n) is 4.75. The van der Waals surface area contributed by atoms with Gasteiger partial charge in [-0.05, 0) is 25.9 Å². The first-order valence-corrected chi connectivity index (χ1v) is 5.96. The van der Waals surface area contributed by atoms with Gasteiger partial charge in [-0.25, -0.2) is 4.98 Å². The Morgan fingerprint density at radius 3 is 2.79 bits per heavy atom. The summed E-state index contributed by atoms with van der Waals surface area (Å²) in [6.07, 6.45) is 6.71. The molecular formula is C9H13N3OS. The number of aromatic nitrogens is 2. The van der Waals surface area contributed by atoms with Gasteiger partial charge in [0.15, 0.2) is 0 Å². The van der Waals surface area contributed by atoms with Crippen LogP contribution in [-0.4, -0.2) is 32.5 Å². The summed E-state index contributed by atoms with van der Waals surface area (Å²) in [5, 5.41) is 4.10. The van der Waals surface area contributed by atoms with Crippen molar-refractivity contribution < 1.29 is 4.21 Å². The van der Waals surface area contributed by atoms with E-state index in [1.165, 1.54) is 0 Å². The fraction of sp³-hybridized carbons (Fsp3) is 0.556. The van der Waals surface area contributed by atoms with Gasteiger partial charge >= 0.3 is 0 Å². The molecule has 2 heterocycles. The molecule has 1 aromatic rings. The predicted octanol–water partition coefficient (Wildman–Crippen LogP) is 0.336. The number of nitrogens with one attached hydrogen (secondary N) is 1. The fourth-order valence-corrected chi connectivity index (χ4v) is 2.90. The average Bonchev–Trinajstić information content (AvgIpc) is 2.30. The van der Waals surface area contributed by atoms with Gasteiger partial charge in [-0.2, -0.15) is 0 Å². The highest BCUT2D eigenvalue weighted by atomic mass is 32.2. The third-order valence-electron chi connectivity index (χ3n) is 2.33. The van der Waals surface area contributed by atoms with E-state index < -0.39 is 10.8 Å². The van der Waals surface area contributed by atoms with E-state index in [0.717, 1.165) is 25.9 Å². The Kier molecular flexibility index (Phi) is 3.21. The third kappa shape index (κ3) is 2.16. The van der Waals surface area contributed by atoms with Crippen molar-refractivity contribution in [2.24, 2.45) is 0 Å². The topological polar surface area (TPSA) is 54.9 Å². The summed E-state index contributed by atoms with van der Waals surface area (Å²) < 4.78 is 12.0. The number of piperidine rings is 1. The highest BCUT2D eigenvalue weighted by Gasteiger charge is 2.21. The Labute approximate surface area is 85.6 Å². The normalized spacial score (nSPS) is 20.6. The molecule has 0 saturated carbocycles. The molecular weight excluding hydrogens is 198 g/mol. The van der Waals surface area contributed by atoms with Crippen molar-refractivity contribution in [3.05, 3.63) is 18.6 Å². The van der Waals surface area contributed by atoms with E-state index >= 15 is 0 Å². The molecule has 1 aliphatic heterocycles. The van der Waals surface area contributed by atoms with Crippen LogP contribution >= 0.6 is 0 Å². The van der Waals surface area contributed by atoms with Crippen LogP contribution in [0.5, 0.6) is 0 Å². The minimum Gasteiger partial charge on any atom is -0.317 e. The molecule has 1 N–H and O–H groups in total. The molecule has 0 unspecified atom stereocenters. The van der Waals surface area contributed by atoms with Crippen LogP contribution in [0.15, 0.2) is 23.6 Å². The van der Waals surface area contributed by atoms with E-state index in [4.69, 9.17) is 0 Å². The second-order valence-corrected chi connectivity index (χ2v) is 4.97. The molecule has 0 amide bonds. The number of hydrogen-bond donors (Lipinski definition) is 1. The third-order valence-corrected chi connectivity index (χ3v) is 4.03. The maximum absolute atomic E-state index is 12.0. The van der Waals surface area contributed by atoms with Crippen LogP contribution in [0.4, 0.5) is 0 Å². The van der Waals surface area contributed by atoms with E-state index in [9.17, 15) is 4.21 Å². The largest absolute Gasteiger partial charge is 0.317 e. The second kappa shape index (κ2) is 4.61. The fourth-order valence-electron chi connectivity index (χ4n) is 1.57. The van der Waals surface area contributed by atoms with Crippen molar-refractivity contribution in [2.75, 3.05) is 13.1 Å². The molecule has 0 aromatic carbocycles. The first-order chi connectivity index (χ1) is 6.88. The first kappa shape index (κ1) is 9.73. The van der Waals surface area contributed by atoms with Crippen molar-refractivity contribution in [3.8, 4) is 0 Å². The highest BCUT2D eigenvalue weighted by molar-refractivity contribution is 7.85. The molecule has 0 spiro atoms. The minimum atomic E-state index is -0.983. The average molecular weight is 211 g/mol. The van der Waals surface area contributed by atoms with Crippen molar-refractivity contribution in [1.82, 2.24) is 15.3 Å². The number of nitrogens with zero attached hydrogens (tertiary/aromatic N) is 2. The van der Waals surface area contributed by atoms with Crippen LogP contribution in [-0.2, 0) is 10.8 Å². The quantitative estimate of drug-likeness (QED) is 0.766. The Morgan fingerprint density at radius 2 is 2.14 bits per heavy atom. The Morgan fingerprint density at radius 1 is 1.36 bits per heavy atom. The van der Waals surface area contributed by atoms with E-state index in [2.05, 4.69) is 15.3 Å². The van der Waals surface area contributed by atoms with Crippen LogP contribution in [0.25, 0.3) is 0 Å². The molecule has 1 saturated heterocycles. The minimum absolute atomic E-state index is 0.243. The monoisotopic (exact) mass is 211 g/mol. The molecule has 4 nitrogen and oxygen atoms in total. The van der Waals surface area contributed by atoms with Crippen molar-refractivity contribution in [3.63, 3.8) is 0 Å². The summed E-state index contributed by atoms with van der Waals surface area (Å²) >= 11 is 0. The van der Waals surface area contributed by atoms with Crippen LogP contribution in [0.3, 0.4) is 0 Å². The summed E-state index contributed by atoms with van der Waals surface area (Å²) in [6.45, 7) is 1.91. The lowest BCUT2D eigenvalue weighted by Crippen LogP contribution is -2.33. The molecule has 0 radical (unpaired) electrons. The molecule has 14 heavy (non-hydrogen) atoms. The van der Waals surface area contributed by atoms with Crippen LogP contribution < -0.4 is 5.32 Å². The molecule has 1 atom stereocenters. The molecule has 0 bridgehead atoms. The van der Waals surface area contributed by atoms with Gasteiger partial charge in [0.25, 0.3) is 0 Å². The SMILES string of the molecule is O=[S@](c1cnccn1)C1CCNCC1. The Bertz CT molecular complexity index is 311. The van der Waals surface area contributed by atoms with Crippen LogP contribution in [0.2, 0.25) is 0 Å². The summed E-state index contributed by atoms with van der Waals surface area (Å²) in [5.41, 5.74) is 0. The van der Waals surface area contributed by atoms with Crippen molar-refractivity contribution >= 4 is 10.8 Å². The summed E-state index contributed by atoms with van der Waals surface area (Å²) in [4.78, 5) is 8.00. The summed E-state index contributed by atoms with van der Waals surface area (Å²) in [5.74, 6) is 0. The van der Waals surface area contributed by atoms with Gasteiger partial charge < -0.3 is 5.32 Å². The number of hydrogen-bond acceptors (Lipinski definition) is 4. The molecule has 1 aliphatic rings. The second-order valence-electron chi connectivity index (χ2n) is 3.29. The van der Waals surface area contributed by atoms with Crippen molar-refractivity contribution in [2.45, 2.75) is 23.1 Å². The zero-order valence-electron chi connectivity index (χ0n) is 7.85. The maximum Gasteiger partial charge on any atom is 0.145 e. The molecule has 76 valence electrons. The molecule has 1 aromatic heterocycles. The lowest BCUT2D eigenvalue weighted by Gasteiger charge is -2.21. The maximum atomic E-state index is 12.0. The predicted molar refractivity (Wildman–Crippen MR) is 54.3 cm³/mol.